The van der Waals surface area contributed by atoms with Gasteiger partial charge in [0.25, 0.3) is 5.56 Å². The monoisotopic (exact) mass is 349 g/mol. The Labute approximate surface area is 155 Å². The zero-order chi connectivity index (χ0) is 17.9. The Morgan fingerprint density at radius 1 is 1.19 bits per heavy atom. The summed E-state index contributed by atoms with van der Waals surface area (Å²) in [6.45, 7) is 4.41. The summed E-state index contributed by atoms with van der Waals surface area (Å²) in [6, 6.07) is 14.5. The lowest BCUT2D eigenvalue weighted by atomic mass is 9.84. The highest BCUT2D eigenvalue weighted by molar-refractivity contribution is 5.48. The summed E-state index contributed by atoms with van der Waals surface area (Å²) in [5.41, 5.74) is 3.53. The van der Waals surface area contributed by atoms with Crippen molar-refractivity contribution in [3.05, 3.63) is 75.7 Å². The number of hydrogen-bond acceptors (Lipinski definition) is 3. The first-order chi connectivity index (χ1) is 12.7. The molecule has 0 aliphatic carbocycles. The second-order valence-electron chi connectivity index (χ2n) is 7.67. The minimum Gasteiger partial charge on any atom is -0.316 e. The standard InChI is InChI=1S/C22H27N3O/c1-24(11-5-8-17-6-3-2-4-7-17)16-19-9-10-21-20-12-18(13-23-14-20)15-25(21)22(19)26/h2-10,18,20,23H,11-16H2,1H3/b8-5+/t18-,20+/m0/s1. The van der Waals surface area contributed by atoms with Gasteiger partial charge < -0.3 is 9.88 Å². The van der Waals surface area contributed by atoms with Gasteiger partial charge in [-0.1, -0.05) is 48.6 Å². The fourth-order valence-corrected chi connectivity index (χ4v) is 4.24. The summed E-state index contributed by atoms with van der Waals surface area (Å²) in [7, 11) is 2.07. The van der Waals surface area contributed by atoms with Crippen LogP contribution in [0.1, 0.15) is 29.2 Å². The summed E-state index contributed by atoms with van der Waals surface area (Å²) in [4.78, 5) is 15.2. The zero-order valence-corrected chi connectivity index (χ0v) is 15.4. The number of hydrogen-bond donors (Lipinski definition) is 1. The Balaban J connectivity index is 1.44. The van der Waals surface area contributed by atoms with Crippen molar-refractivity contribution >= 4 is 6.08 Å². The second-order valence-corrected chi connectivity index (χ2v) is 7.67. The molecule has 26 heavy (non-hydrogen) atoms. The van der Waals surface area contributed by atoms with E-state index in [1.54, 1.807) is 0 Å². The number of nitrogens with zero attached hydrogens (tertiary/aromatic N) is 2. The molecule has 1 aromatic heterocycles. The molecule has 0 unspecified atom stereocenters. The van der Waals surface area contributed by atoms with E-state index in [0.29, 0.717) is 18.4 Å². The van der Waals surface area contributed by atoms with Crippen LogP contribution in [0, 0.1) is 5.92 Å². The van der Waals surface area contributed by atoms with Crippen molar-refractivity contribution in [2.24, 2.45) is 5.92 Å². The Bertz CT molecular complexity index is 840. The molecule has 2 atom stereocenters. The molecule has 0 spiro atoms. The van der Waals surface area contributed by atoms with Gasteiger partial charge >= 0.3 is 0 Å². The van der Waals surface area contributed by atoms with E-state index < -0.39 is 0 Å². The first kappa shape index (κ1) is 17.3. The molecule has 2 aliphatic heterocycles. The van der Waals surface area contributed by atoms with Crippen LogP contribution in [0.2, 0.25) is 0 Å². The van der Waals surface area contributed by atoms with Gasteiger partial charge in [0.05, 0.1) is 0 Å². The molecular formula is C22H27N3O. The maximum Gasteiger partial charge on any atom is 0.255 e. The highest BCUT2D eigenvalue weighted by atomic mass is 16.1. The third kappa shape index (κ3) is 3.67. The molecule has 4 heteroatoms. The Morgan fingerprint density at radius 3 is 2.88 bits per heavy atom. The van der Waals surface area contributed by atoms with Gasteiger partial charge in [0.1, 0.15) is 0 Å². The summed E-state index contributed by atoms with van der Waals surface area (Å²) in [6.07, 6.45) is 5.50. The van der Waals surface area contributed by atoms with Gasteiger partial charge in [-0.25, -0.2) is 0 Å². The Kier molecular flexibility index (Phi) is 5.05. The van der Waals surface area contributed by atoms with Gasteiger partial charge in [0.2, 0.25) is 0 Å². The minimum atomic E-state index is 0.206. The number of pyridine rings is 1. The fraction of sp³-hybridized carbons (Fsp3) is 0.409. The molecule has 4 nitrogen and oxygen atoms in total. The molecule has 0 amide bonds. The van der Waals surface area contributed by atoms with E-state index in [0.717, 1.165) is 31.7 Å². The van der Waals surface area contributed by atoms with E-state index in [-0.39, 0.29) is 5.56 Å². The van der Waals surface area contributed by atoms with E-state index >= 15 is 0 Å². The minimum absolute atomic E-state index is 0.206. The molecule has 2 bridgehead atoms. The highest BCUT2D eigenvalue weighted by Crippen LogP contribution is 2.31. The SMILES string of the molecule is CN(C/C=C/c1ccccc1)Cc1ccc2n(c1=O)C[C@@H]1CNC[C@H]2C1. The smallest absolute Gasteiger partial charge is 0.255 e. The number of nitrogens with one attached hydrogen (secondary N) is 1. The van der Waals surface area contributed by atoms with E-state index in [4.69, 9.17) is 0 Å². The largest absolute Gasteiger partial charge is 0.316 e. The van der Waals surface area contributed by atoms with Crippen molar-refractivity contribution in [2.45, 2.75) is 25.4 Å². The number of rotatable bonds is 5. The lowest BCUT2D eigenvalue weighted by Gasteiger charge is -2.37. The van der Waals surface area contributed by atoms with Crippen LogP contribution in [-0.4, -0.2) is 36.1 Å². The lowest BCUT2D eigenvalue weighted by molar-refractivity contribution is 0.255. The van der Waals surface area contributed by atoms with E-state index in [1.165, 1.54) is 17.7 Å². The molecule has 0 saturated carbocycles. The lowest BCUT2D eigenvalue weighted by Crippen LogP contribution is -2.45. The highest BCUT2D eigenvalue weighted by Gasteiger charge is 2.31. The van der Waals surface area contributed by atoms with Crippen molar-refractivity contribution < 1.29 is 0 Å². The predicted octanol–water partition coefficient (Wildman–Crippen LogP) is 2.70. The van der Waals surface area contributed by atoms with Crippen LogP contribution in [0.25, 0.3) is 6.08 Å². The average molecular weight is 349 g/mol. The molecule has 2 aromatic rings. The van der Waals surface area contributed by atoms with Crippen LogP contribution in [0.15, 0.2) is 53.3 Å². The van der Waals surface area contributed by atoms with Gasteiger partial charge in [-0.2, -0.15) is 0 Å². The van der Waals surface area contributed by atoms with Crippen LogP contribution < -0.4 is 10.9 Å². The first-order valence-corrected chi connectivity index (χ1v) is 9.54. The first-order valence-electron chi connectivity index (χ1n) is 9.54. The number of benzene rings is 1. The fourth-order valence-electron chi connectivity index (χ4n) is 4.24. The molecule has 1 fully saturated rings. The Morgan fingerprint density at radius 2 is 2.04 bits per heavy atom. The zero-order valence-electron chi connectivity index (χ0n) is 15.4. The second kappa shape index (κ2) is 7.60. The third-order valence-corrected chi connectivity index (χ3v) is 5.55. The maximum absolute atomic E-state index is 13.0. The number of piperidine rings is 1. The van der Waals surface area contributed by atoms with E-state index in [9.17, 15) is 4.79 Å². The molecule has 136 valence electrons. The third-order valence-electron chi connectivity index (χ3n) is 5.55. The molecule has 1 N–H and O–H groups in total. The molecule has 3 heterocycles. The van der Waals surface area contributed by atoms with Crippen LogP contribution in [-0.2, 0) is 13.1 Å². The van der Waals surface area contributed by atoms with Crippen LogP contribution >= 0.6 is 0 Å². The average Bonchev–Trinajstić information content (AvgIpc) is 2.66. The van der Waals surface area contributed by atoms with Crippen molar-refractivity contribution in [3.63, 3.8) is 0 Å². The number of aromatic nitrogens is 1. The number of fused-ring (bicyclic) bond motifs is 4. The van der Waals surface area contributed by atoms with Crippen LogP contribution in [0.4, 0.5) is 0 Å². The summed E-state index contributed by atoms with van der Waals surface area (Å²) in [5.74, 6) is 1.09. The van der Waals surface area contributed by atoms with Gasteiger partial charge in [-0.15, -0.1) is 0 Å². The molecular weight excluding hydrogens is 322 g/mol. The number of likely N-dealkylation sites (N-methyl/N-ethyl adjacent to an activating group) is 1. The molecule has 2 aliphatic rings. The predicted molar refractivity (Wildman–Crippen MR) is 106 cm³/mol. The van der Waals surface area contributed by atoms with E-state index in [1.807, 2.05) is 28.8 Å². The summed E-state index contributed by atoms with van der Waals surface area (Å²) >= 11 is 0. The topological polar surface area (TPSA) is 37.3 Å². The van der Waals surface area contributed by atoms with Crippen LogP contribution in [0.5, 0.6) is 0 Å². The molecule has 0 radical (unpaired) electrons. The Hall–Kier alpha value is -2.17. The maximum atomic E-state index is 13.0. The van der Waals surface area contributed by atoms with Crippen molar-refractivity contribution in [1.29, 1.82) is 0 Å². The van der Waals surface area contributed by atoms with Crippen molar-refractivity contribution in [2.75, 3.05) is 26.7 Å². The van der Waals surface area contributed by atoms with Crippen LogP contribution in [0.3, 0.4) is 0 Å². The summed E-state index contributed by atoms with van der Waals surface area (Å²) in [5, 5.41) is 3.50. The molecule has 1 aromatic carbocycles. The van der Waals surface area contributed by atoms with Gasteiger partial charge in [-0.3, -0.25) is 9.69 Å². The normalized spacial score (nSPS) is 21.9. The van der Waals surface area contributed by atoms with Crippen molar-refractivity contribution in [3.8, 4) is 0 Å². The molecule has 1 saturated heterocycles. The summed E-state index contributed by atoms with van der Waals surface area (Å²) < 4.78 is 2.04. The quantitative estimate of drug-likeness (QED) is 0.902. The van der Waals surface area contributed by atoms with Crippen molar-refractivity contribution in [1.82, 2.24) is 14.8 Å². The van der Waals surface area contributed by atoms with Gasteiger partial charge in [0.15, 0.2) is 0 Å². The molecule has 4 rings (SSSR count). The van der Waals surface area contributed by atoms with Gasteiger partial charge in [-0.05, 0) is 37.6 Å². The van der Waals surface area contributed by atoms with Gasteiger partial charge in [0, 0.05) is 43.4 Å². The van der Waals surface area contributed by atoms with E-state index in [2.05, 4.69) is 47.6 Å².